The van der Waals surface area contributed by atoms with Crippen LogP contribution in [-0.4, -0.2) is 22.9 Å². The summed E-state index contributed by atoms with van der Waals surface area (Å²) in [6.45, 7) is 7.94. The van der Waals surface area contributed by atoms with Crippen LogP contribution in [-0.2, 0) is 0 Å². The zero-order chi connectivity index (χ0) is 18.5. The maximum atomic E-state index is 10.2. The molecule has 0 radical (unpaired) electrons. The van der Waals surface area contributed by atoms with Crippen LogP contribution >= 0.6 is 0 Å². The second kappa shape index (κ2) is 6.92. The highest BCUT2D eigenvalue weighted by Crippen LogP contribution is 2.67. The molecule has 0 spiro atoms. The van der Waals surface area contributed by atoms with Crippen molar-refractivity contribution >= 4 is 0 Å². The highest BCUT2D eigenvalue weighted by Gasteiger charge is 2.58. The highest BCUT2D eigenvalue weighted by atomic mass is 16.3. The molecule has 0 aromatic heterocycles. The molecule has 0 heterocycles. The van der Waals surface area contributed by atoms with E-state index >= 15 is 0 Å². The third-order valence-corrected chi connectivity index (χ3v) is 9.66. The van der Waals surface area contributed by atoms with Crippen molar-refractivity contribution < 1.29 is 10.2 Å². The Morgan fingerprint density at radius 1 is 1.12 bits per heavy atom. The molecule has 2 heteroatoms. The first kappa shape index (κ1) is 19.0. The van der Waals surface area contributed by atoms with Gasteiger partial charge in [-0.15, -0.1) is 0 Å². The van der Waals surface area contributed by atoms with Gasteiger partial charge < -0.3 is 10.2 Å². The Morgan fingerprint density at radius 3 is 2.69 bits per heavy atom. The fourth-order valence-corrected chi connectivity index (χ4v) is 8.23. The summed E-state index contributed by atoms with van der Waals surface area (Å²) in [5, 5.41) is 19.4. The Labute approximate surface area is 160 Å². The first-order valence-corrected chi connectivity index (χ1v) is 11.4. The van der Waals surface area contributed by atoms with E-state index in [1.54, 1.807) is 5.57 Å². The van der Waals surface area contributed by atoms with E-state index in [9.17, 15) is 10.2 Å². The molecule has 26 heavy (non-hydrogen) atoms. The van der Waals surface area contributed by atoms with Crippen LogP contribution < -0.4 is 0 Å². The van der Waals surface area contributed by atoms with Crippen LogP contribution in [0.2, 0.25) is 0 Å². The van der Waals surface area contributed by atoms with Crippen LogP contribution in [0.15, 0.2) is 11.6 Å². The van der Waals surface area contributed by atoms with Crippen molar-refractivity contribution in [2.75, 3.05) is 6.61 Å². The number of aliphatic hydroxyl groups is 2. The zero-order valence-electron chi connectivity index (χ0n) is 17.2. The lowest BCUT2D eigenvalue weighted by Gasteiger charge is -2.58. The topological polar surface area (TPSA) is 40.5 Å². The van der Waals surface area contributed by atoms with Crippen LogP contribution in [0.3, 0.4) is 0 Å². The molecule has 0 aromatic rings. The maximum absolute atomic E-state index is 10.2. The van der Waals surface area contributed by atoms with Gasteiger partial charge in [-0.05, 0) is 105 Å². The van der Waals surface area contributed by atoms with Crippen LogP contribution in [0.5, 0.6) is 0 Å². The van der Waals surface area contributed by atoms with Crippen molar-refractivity contribution in [3.63, 3.8) is 0 Å². The number of rotatable bonds is 4. The van der Waals surface area contributed by atoms with Gasteiger partial charge in [0, 0.05) is 6.61 Å². The zero-order valence-corrected chi connectivity index (χ0v) is 17.2. The Kier molecular flexibility index (Phi) is 5.06. The summed E-state index contributed by atoms with van der Waals surface area (Å²) in [4.78, 5) is 0. The molecule has 4 rings (SSSR count). The predicted molar refractivity (Wildman–Crippen MR) is 107 cm³/mol. The van der Waals surface area contributed by atoms with Crippen molar-refractivity contribution in [1.29, 1.82) is 0 Å². The van der Waals surface area contributed by atoms with E-state index in [4.69, 9.17) is 0 Å². The van der Waals surface area contributed by atoms with Crippen LogP contribution in [0.4, 0.5) is 0 Å². The molecule has 0 unspecified atom stereocenters. The van der Waals surface area contributed by atoms with Gasteiger partial charge in [-0.25, -0.2) is 0 Å². The molecule has 0 aromatic carbocycles. The van der Waals surface area contributed by atoms with E-state index in [0.717, 1.165) is 48.9 Å². The van der Waals surface area contributed by atoms with E-state index in [0.29, 0.717) is 17.4 Å². The Bertz CT molecular complexity index is 554. The molecule has 8 atom stereocenters. The van der Waals surface area contributed by atoms with Crippen molar-refractivity contribution in [2.24, 2.45) is 40.4 Å². The van der Waals surface area contributed by atoms with E-state index in [-0.39, 0.29) is 6.10 Å². The molecule has 0 aliphatic heterocycles. The summed E-state index contributed by atoms with van der Waals surface area (Å²) in [5.41, 5.74) is 2.47. The van der Waals surface area contributed by atoms with Gasteiger partial charge >= 0.3 is 0 Å². The molecule has 4 aliphatic rings. The first-order valence-electron chi connectivity index (χ1n) is 11.4. The molecule has 148 valence electrons. The second-order valence-electron chi connectivity index (χ2n) is 10.7. The summed E-state index contributed by atoms with van der Waals surface area (Å²) >= 11 is 0. The second-order valence-corrected chi connectivity index (χ2v) is 10.7. The van der Waals surface area contributed by atoms with Gasteiger partial charge in [-0.1, -0.05) is 32.4 Å². The molecular weight excluding hydrogens is 320 g/mol. The molecule has 0 bridgehead atoms. The van der Waals surface area contributed by atoms with Gasteiger partial charge in [0.05, 0.1) is 6.10 Å². The third kappa shape index (κ3) is 2.82. The lowest BCUT2D eigenvalue weighted by molar-refractivity contribution is -0.0574. The lowest BCUT2D eigenvalue weighted by Crippen LogP contribution is -2.50. The fourth-order valence-electron chi connectivity index (χ4n) is 8.23. The third-order valence-electron chi connectivity index (χ3n) is 9.66. The summed E-state index contributed by atoms with van der Waals surface area (Å²) in [6.07, 6.45) is 14.6. The van der Waals surface area contributed by atoms with E-state index in [1.165, 1.54) is 44.9 Å². The van der Waals surface area contributed by atoms with Crippen LogP contribution in [0.25, 0.3) is 0 Å². The summed E-state index contributed by atoms with van der Waals surface area (Å²) < 4.78 is 0. The molecule has 3 fully saturated rings. The summed E-state index contributed by atoms with van der Waals surface area (Å²) in [5.74, 6) is 4.21. The van der Waals surface area contributed by atoms with Crippen molar-refractivity contribution in [3.05, 3.63) is 11.6 Å². The minimum Gasteiger partial charge on any atom is -0.396 e. The SMILES string of the molecule is C[C@H](CCCO)[C@@H]1CC[C@@H]2[C@H]3CC=C4C[C@@H](O)CC[C@]4(C)[C@@H]3CC[C@@]21C. The predicted octanol–water partition coefficient (Wildman–Crippen LogP) is 5.33. The smallest absolute Gasteiger partial charge is 0.0577 e. The Morgan fingerprint density at radius 2 is 1.92 bits per heavy atom. The van der Waals surface area contributed by atoms with E-state index in [1.807, 2.05) is 0 Å². The monoisotopic (exact) mass is 360 g/mol. The molecule has 2 N–H and O–H groups in total. The standard InChI is InChI=1S/C24H40O2/c1-16(5-4-14-25)20-8-9-21-19-7-6-17-15-18(26)10-12-23(17,2)22(19)11-13-24(20,21)3/h6,16,18-22,25-26H,4-5,7-15H2,1-3H3/t16-,18+,19-,20+,21-,22-,23+,24-/m1/s1. The number of hydrogen-bond acceptors (Lipinski definition) is 2. The van der Waals surface area contributed by atoms with Gasteiger partial charge in [0.15, 0.2) is 0 Å². The molecule has 0 amide bonds. The van der Waals surface area contributed by atoms with Crippen LogP contribution in [0.1, 0.15) is 85.0 Å². The summed E-state index contributed by atoms with van der Waals surface area (Å²) in [7, 11) is 0. The van der Waals surface area contributed by atoms with Crippen LogP contribution in [0, 0.1) is 40.4 Å². The van der Waals surface area contributed by atoms with Gasteiger partial charge in [0.25, 0.3) is 0 Å². The molecule has 2 nitrogen and oxygen atoms in total. The molecular formula is C24H40O2. The Hall–Kier alpha value is -0.340. The van der Waals surface area contributed by atoms with Crippen molar-refractivity contribution in [3.8, 4) is 0 Å². The van der Waals surface area contributed by atoms with Gasteiger partial charge in [-0.2, -0.15) is 0 Å². The number of aliphatic hydroxyl groups excluding tert-OH is 2. The average molecular weight is 361 g/mol. The quantitative estimate of drug-likeness (QED) is 0.665. The van der Waals surface area contributed by atoms with Crippen molar-refractivity contribution in [2.45, 2.75) is 91.1 Å². The highest BCUT2D eigenvalue weighted by molar-refractivity contribution is 5.25. The average Bonchev–Trinajstić information content (AvgIpc) is 2.97. The maximum Gasteiger partial charge on any atom is 0.0577 e. The molecule has 3 saturated carbocycles. The molecule has 4 aliphatic carbocycles. The first-order chi connectivity index (χ1) is 12.4. The minimum atomic E-state index is -0.0945. The van der Waals surface area contributed by atoms with E-state index in [2.05, 4.69) is 26.8 Å². The molecule has 0 saturated heterocycles. The minimum absolute atomic E-state index is 0.0945. The lowest BCUT2D eigenvalue weighted by atomic mass is 9.47. The fraction of sp³-hybridized carbons (Fsp3) is 0.917. The number of fused-ring (bicyclic) bond motifs is 5. The van der Waals surface area contributed by atoms with Crippen molar-refractivity contribution in [1.82, 2.24) is 0 Å². The summed E-state index contributed by atoms with van der Waals surface area (Å²) in [6, 6.07) is 0. The van der Waals surface area contributed by atoms with E-state index < -0.39 is 0 Å². The normalized spacial score (nSPS) is 49.0. The number of allylic oxidation sites excluding steroid dienone is 1. The van der Waals surface area contributed by atoms with Gasteiger partial charge in [0.1, 0.15) is 0 Å². The number of hydrogen-bond donors (Lipinski definition) is 2. The van der Waals surface area contributed by atoms with Gasteiger partial charge in [-0.3, -0.25) is 0 Å². The largest absolute Gasteiger partial charge is 0.396 e. The van der Waals surface area contributed by atoms with Gasteiger partial charge in [0.2, 0.25) is 0 Å². The Balaban J connectivity index is 1.56.